The van der Waals surface area contributed by atoms with Crippen molar-refractivity contribution in [2.45, 2.75) is 25.9 Å². The van der Waals surface area contributed by atoms with Crippen molar-refractivity contribution in [1.29, 1.82) is 0 Å². The number of nitrogens with two attached hydrogens (primary N) is 1. The number of hydrogen-bond donors (Lipinski definition) is 1. The van der Waals surface area contributed by atoms with E-state index in [0.29, 0.717) is 12.5 Å². The van der Waals surface area contributed by atoms with E-state index in [9.17, 15) is 8.42 Å². The molecule has 20 heavy (non-hydrogen) atoms. The summed E-state index contributed by atoms with van der Waals surface area (Å²) in [4.78, 5) is 2.24. The fourth-order valence-electron chi connectivity index (χ4n) is 2.79. The van der Waals surface area contributed by atoms with Crippen molar-refractivity contribution in [3.05, 3.63) is 35.9 Å². The van der Waals surface area contributed by atoms with Crippen LogP contribution in [0.15, 0.2) is 30.3 Å². The SMILES string of the molecule is CC(CN1CCS(=O)(=O)CC1C)C(N)c1ccccc1. The van der Waals surface area contributed by atoms with Crippen molar-refractivity contribution in [2.75, 3.05) is 24.6 Å². The van der Waals surface area contributed by atoms with Crippen LogP contribution in [0.1, 0.15) is 25.5 Å². The lowest BCUT2D eigenvalue weighted by molar-refractivity contribution is 0.185. The van der Waals surface area contributed by atoms with Crippen molar-refractivity contribution in [1.82, 2.24) is 4.90 Å². The standard InChI is InChI=1S/C15H24N2O2S/c1-12(15(16)14-6-4-3-5-7-14)10-17-8-9-20(18,19)11-13(17)2/h3-7,12-13,15H,8-11,16H2,1-2H3. The number of hydrogen-bond acceptors (Lipinski definition) is 4. The highest BCUT2D eigenvalue weighted by Gasteiger charge is 2.29. The van der Waals surface area contributed by atoms with Crippen LogP contribution in [0, 0.1) is 5.92 Å². The minimum absolute atomic E-state index is 0.0121. The van der Waals surface area contributed by atoms with E-state index in [1.807, 2.05) is 37.3 Å². The van der Waals surface area contributed by atoms with E-state index in [4.69, 9.17) is 5.73 Å². The number of rotatable bonds is 4. The smallest absolute Gasteiger partial charge is 0.153 e. The fraction of sp³-hybridized carbons (Fsp3) is 0.600. The zero-order valence-corrected chi connectivity index (χ0v) is 13.0. The van der Waals surface area contributed by atoms with Crippen LogP contribution in [0.2, 0.25) is 0 Å². The van der Waals surface area contributed by atoms with Crippen LogP contribution in [0.5, 0.6) is 0 Å². The van der Waals surface area contributed by atoms with E-state index in [2.05, 4.69) is 11.8 Å². The van der Waals surface area contributed by atoms with Crippen LogP contribution in [0.3, 0.4) is 0 Å². The van der Waals surface area contributed by atoms with E-state index in [-0.39, 0.29) is 23.6 Å². The van der Waals surface area contributed by atoms with Gasteiger partial charge in [0.05, 0.1) is 11.5 Å². The second-order valence-electron chi connectivity index (χ2n) is 5.87. The maximum atomic E-state index is 11.6. The Bertz CT molecular complexity index is 530. The second-order valence-corrected chi connectivity index (χ2v) is 8.10. The molecule has 4 nitrogen and oxygen atoms in total. The lowest BCUT2D eigenvalue weighted by Gasteiger charge is -2.36. The van der Waals surface area contributed by atoms with Gasteiger partial charge in [0.15, 0.2) is 9.84 Å². The second kappa shape index (κ2) is 6.24. The highest BCUT2D eigenvalue weighted by molar-refractivity contribution is 7.91. The van der Waals surface area contributed by atoms with Gasteiger partial charge < -0.3 is 5.73 Å². The molecule has 0 spiro atoms. The Morgan fingerprint density at radius 2 is 2.00 bits per heavy atom. The molecule has 1 aromatic rings. The summed E-state index contributed by atoms with van der Waals surface area (Å²) in [6.45, 7) is 5.58. The van der Waals surface area contributed by atoms with Gasteiger partial charge in [0.1, 0.15) is 0 Å². The van der Waals surface area contributed by atoms with Gasteiger partial charge in [0.25, 0.3) is 0 Å². The number of nitrogens with zero attached hydrogens (tertiary/aromatic N) is 1. The molecular weight excluding hydrogens is 272 g/mol. The Morgan fingerprint density at radius 1 is 1.35 bits per heavy atom. The monoisotopic (exact) mass is 296 g/mol. The van der Waals surface area contributed by atoms with Crippen molar-refractivity contribution in [2.24, 2.45) is 11.7 Å². The lowest BCUT2D eigenvalue weighted by atomic mass is 9.94. The highest BCUT2D eigenvalue weighted by Crippen LogP contribution is 2.22. The van der Waals surface area contributed by atoms with Gasteiger partial charge in [-0.05, 0) is 18.4 Å². The fourth-order valence-corrected chi connectivity index (χ4v) is 4.42. The Labute approximate surface area is 121 Å². The first-order valence-electron chi connectivity index (χ1n) is 7.14. The first kappa shape index (κ1) is 15.5. The van der Waals surface area contributed by atoms with Crippen LogP contribution in [0.25, 0.3) is 0 Å². The van der Waals surface area contributed by atoms with Gasteiger partial charge in [0.2, 0.25) is 0 Å². The van der Waals surface area contributed by atoms with Gasteiger partial charge in [-0.3, -0.25) is 4.90 Å². The predicted octanol–water partition coefficient (Wildman–Crippen LogP) is 1.44. The topological polar surface area (TPSA) is 63.4 Å². The Kier molecular flexibility index (Phi) is 4.83. The molecule has 0 radical (unpaired) electrons. The summed E-state index contributed by atoms with van der Waals surface area (Å²) < 4.78 is 23.2. The molecule has 2 N–H and O–H groups in total. The summed E-state index contributed by atoms with van der Waals surface area (Å²) in [6, 6.07) is 10.1. The summed E-state index contributed by atoms with van der Waals surface area (Å²) in [5, 5.41) is 0. The van der Waals surface area contributed by atoms with Gasteiger partial charge in [-0.1, -0.05) is 37.3 Å². The van der Waals surface area contributed by atoms with Crippen LogP contribution in [-0.4, -0.2) is 44.0 Å². The van der Waals surface area contributed by atoms with Crippen molar-refractivity contribution < 1.29 is 8.42 Å². The number of benzene rings is 1. The van der Waals surface area contributed by atoms with E-state index in [0.717, 1.165) is 12.1 Å². The van der Waals surface area contributed by atoms with Crippen molar-refractivity contribution in [3.63, 3.8) is 0 Å². The third kappa shape index (κ3) is 3.81. The van der Waals surface area contributed by atoms with Crippen LogP contribution >= 0.6 is 0 Å². The molecular formula is C15H24N2O2S. The molecule has 0 aromatic heterocycles. The Morgan fingerprint density at radius 3 is 2.60 bits per heavy atom. The largest absolute Gasteiger partial charge is 0.324 e. The Balaban J connectivity index is 1.96. The molecule has 5 heteroatoms. The Hall–Kier alpha value is -0.910. The molecule has 1 aromatic carbocycles. The normalized spacial score (nSPS) is 26.1. The molecule has 0 amide bonds. The minimum atomic E-state index is -2.85. The molecule has 1 heterocycles. The summed E-state index contributed by atoms with van der Waals surface area (Å²) in [5.74, 6) is 0.825. The first-order valence-corrected chi connectivity index (χ1v) is 8.96. The molecule has 1 aliphatic rings. The van der Waals surface area contributed by atoms with Crippen LogP contribution in [-0.2, 0) is 9.84 Å². The maximum absolute atomic E-state index is 11.6. The third-order valence-electron chi connectivity index (χ3n) is 4.13. The lowest BCUT2D eigenvalue weighted by Crippen LogP contribution is -2.49. The molecule has 0 aliphatic carbocycles. The molecule has 112 valence electrons. The molecule has 2 rings (SSSR count). The third-order valence-corrected chi connectivity index (χ3v) is 5.92. The first-order chi connectivity index (χ1) is 9.39. The molecule has 1 saturated heterocycles. The predicted molar refractivity (Wildman–Crippen MR) is 82.2 cm³/mol. The highest BCUT2D eigenvalue weighted by atomic mass is 32.2. The van der Waals surface area contributed by atoms with Gasteiger partial charge >= 0.3 is 0 Å². The summed E-state index contributed by atoms with van der Waals surface area (Å²) in [5.41, 5.74) is 7.45. The van der Waals surface area contributed by atoms with Crippen LogP contribution in [0.4, 0.5) is 0 Å². The van der Waals surface area contributed by atoms with Crippen LogP contribution < -0.4 is 5.73 Å². The summed E-state index contributed by atoms with van der Waals surface area (Å²) in [7, 11) is -2.85. The van der Waals surface area contributed by atoms with Gasteiger partial charge in [-0.15, -0.1) is 0 Å². The molecule has 3 unspecified atom stereocenters. The minimum Gasteiger partial charge on any atom is -0.324 e. The zero-order chi connectivity index (χ0) is 14.8. The number of sulfone groups is 1. The summed E-state index contributed by atoms with van der Waals surface area (Å²) >= 11 is 0. The molecule has 3 atom stereocenters. The maximum Gasteiger partial charge on any atom is 0.153 e. The van der Waals surface area contributed by atoms with E-state index in [1.54, 1.807) is 0 Å². The average molecular weight is 296 g/mol. The quantitative estimate of drug-likeness (QED) is 0.913. The van der Waals surface area contributed by atoms with E-state index >= 15 is 0 Å². The van der Waals surface area contributed by atoms with E-state index < -0.39 is 9.84 Å². The summed E-state index contributed by atoms with van der Waals surface area (Å²) in [6.07, 6.45) is 0. The van der Waals surface area contributed by atoms with Gasteiger partial charge in [0, 0.05) is 25.2 Å². The molecule has 1 fully saturated rings. The zero-order valence-electron chi connectivity index (χ0n) is 12.2. The van der Waals surface area contributed by atoms with Crippen molar-refractivity contribution >= 4 is 9.84 Å². The molecule has 0 bridgehead atoms. The van der Waals surface area contributed by atoms with E-state index in [1.165, 1.54) is 0 Å². The van der Waals surface area contributed by atoms with Gasteiger partial charge in [-0.2, -0.15) is 0 Å². The molecule has 1 aliphatic heterocycles. The van der Waals surface area contributed by atoms with Crippen molar-refractivity contribution in [3.8, 4) is 0 Å². The average Bonchev–Trinajstić information content (AvgIpc) is 2.41. The van der Waals surface area contributed by atoms with Gasteiger partial charge in [-0.25, -0.2) is 8.42 Å². The molecule has 0 saturated carbocycles.